The lowest BCUT2D eigenvalue weighted by atomic mass is 10.2. The smallest absolute Gasteiger partial charge is 0.138 e. The molecule has 25 heavy (non-hydrogen) atoms. The van der Waals surface area contributed by atoms with Crippen LogP contribution in [0.2, 0.25) is 0 Å². The van der Waals surface area contributed by atoms with Crippen LogP contribution in [0.5, 0.6) is 0 Å². The number of pyridine rings is 1. The summed E-state index contributed by atoms with van der Waals surface area (Å²) in [5, 5.41) is 29.7. The number of hydrogen-bond acceptors (Lipinski definition) is 7. The van der Waals surface area contributed by atoms with Crippen LogP contribution in [0.15, 0.2) is 53.4 Å². The summed E-state index contributed by atoms with van der Waals surface area (Å²) in [5.74, 6) is -0.0456. The lowest BCUT2D eigenvalue weighted by molar-refractivity contribution is 0.402. The highest BCUT2D eigenvalue weighted by atomic mass is 32.2. The number of hydrogen-bond donors (Lipinski definition) is 1. The molecular weight excluding hydrogens is 352 g/mol. The summed E-state index contributed by atoms with van der Waals surface area (Å²) in [6, 6.07) is 15.0. The molecule has 0 aliphatic carbocycles. The molecule has 2 aromatic heterocycles. The van der Waals surface area contributed by atoms with E-state index >= 15 is 0 Å². The first-order valence-electron chi connectivity index (χ1n) is 7.34. The molecule has 0 aliphatic heterocycles. The summed E-state index contributed by atoms with van der Waals surface area (Å²) in [6.07, 6.45) is 1.55. The molecule has 3 aromatic rings. The minimum absolute atomic E-state index is 0.0456. The quantitative estimate of drug-likeness (QED) is 0.415. The zero-order chi connectivity index (χ0) is 17.8. The van der Waals surface area contributed by atoms with Gasteiger partial charge in [0.05, 0.1) is 32.1 Å². The van der Waals surface area contributed by atoms with Crippen LogP contribution < -0.4 is 0 Å². The molecule has 0 amide bonds. The van der Waals surface area contributed by atoms with Gasteiger partial charge in [0.25, 0.3) is 0 Å². The maximum Gasteiger partial charge on any atom is 0.138 e. The van der Waals surface area contributed by atoms with Gasteiger partial charge in [0.2, 0.25) is 0 Å². The van der Waals surface area contributed by atoms with E-state index in [9.17, 15) is 10.4 Å². The number of nitrogens with zero attached hydrogens (tertiary/aromatic N) is 4. The van der Waals surface area contributed by atoms with Crippen molar-refractivity contribution in [2.24, 2.45) is 0 Å². The van der Waals surface area contributed by atoms with Gasteiger partial charge in [-0.1, -0.05) is 23.9 Å². The Morgan fingerprint density at radius 2 is 2.08 bits per heavy atom. The molecule has 1 N–H and O–H groups in total. The van der Waals surface area contributed by atoms with Crippen molar-refractivity contribution in [1.82, 2.24) is 9.97 Å². The number of aromatic nitrogens is 2. The van der Waals surface area contributed by atoms with E-state index in [4.69, 9.17) is 5.26 Å². The van der Waals surface area contributed by atoms with Crippen molar-refractivity contribution in [3.8, 4) is 12.1 Å². The Morgan fingerprint density at radius 1 is 1.28 bits per heavy atom. The first-order chi connectivity index (χ1) is 12.1. The molecule has 2 heterocycles. The van der Waals surface area contributed by atoms with Crippen LogP contribution >= 0.6 is 23.1 Å². The molecule has 7 heteroatoms. The Morgan fingerprint density at radius 3 is 2.80 bits per heavy atom. The SMILES string of the molecule is CC(Sc1cc(C#N)ccn1)/C(O)=C(/C#N)c1nc2ccccc2s1. The van der Waals surface area contributed by atoms with Crippen LogP contribution in [-0.4, -0.2) is 20.3 Å². The van der Waals surface area contributed by atoms with Gasteiger partial charge in [0.15, 0.2) is 0 Å². The second-order valence-corrected chi connectivity index (χ2v) is 7.51. The van der Waals surface area contributed by atoms with Gasteiger partial charge >= 0.3 is 0 Å². The second kappa shape index (κ2) is 7.35. The fourth-order valence-corrected chi connectivity index (χ4v) is 4.06. The third-order valence-electron chi connectivity index (χ3n) is 3.42. The largest absolute Gasteiger partial charge is 0.510 e. The average molecular weight is 364 g/mol. The number of aliphatic hydroxyl groups is 1. The molecule has 1 unspecified atom stereocenters. The molecule has 1 aromatic carbocycles. The Labute approximate surface area is 152 Å². The highest BCUT2D eigenvalue weighted by Crippen LogP contribution is 2.33. The predicted molar refractivity (Wildman–Crippen MR) is 99.1 cm³/mol. The molecule has 0 radical (unpaired) electrons. The van der Waals surface area contributed by atoms with E-state index in [1.54, 1.807) is 25.3 Å². The van der Waals surface area contributed by atoms with Crippen molar-refractivity contribution >= 4 is 38.9 Å². The van der Waals surface area contributed by atoms with Gasteiger partial charge in [-0.2, -0.15) is 10.5 Å². The van der Waals surface area contributed by atoms with Crippen LogP contribution in [0.25, 0.3) is 15.8 Å². The van der Waals surface area contributed by atoms with Crippen molar-refractivity contribution in [3.05, 3.63) is 58.9 Å². The van der Waals surface area contributed by atoms with Gasteiger partial charge in [0, 0.05) is 6.20 Å². The van der Waals surface area contributed by atoms with Crippen LogP contribution in [0.3, 0.4) is 0 Å². The fraction of sp³-hybridized carbons (Fsp3) is 0.111. The van der Waals surface area contributed by atoms with Gasteiger partial charge in [-0.25, -0.2) is 9.97 Å². The molecule has 0 aliphatic rings. The molecule has 1 atom stereocenters. The second-order valence-electron chi connectivity index (χ2n) is 5.11. The summed E-state index contributed by atoms with van der Waals surface area (Å²) in [7, 11) is 0. The summed E-state index contributed by atoms with van der Waals surface area (Å²) < 4.78 is 0.960. The monoisotopic (exact) mass is 364 g/mol. The first-order valence-corrected chi connectivity index (χ1v) is 9.04. The number of allylic oxidation sites excluding steroid dienone is 1. The van der Waals surface area contributed by atoms with Gasteiger partial charge in [0.1, 0.15) is 22.4 Å². The molecule has 0 bridgehead atoms. The molecule has 5 nitrogen and oxygen atoms in total. The summed E-state index contributed by atoms with van der Waals surface area (Å²) in [6.45, 7) is 1.78. The average Bonchev–Trinajstić information content (AvgIpc) is 3.06. The molecule has 0 spiro atoms. The third kappa shape index (κ3) is 3.63. The zero-order valence-electron chi connectivity index (χ0n) is 13.2. The van der Waals surface area contributed by atoms with Crippen LogP contribution in [-0.2, 0) is 0 Å². The van der Waals surface area contributed by atoms with Gasteiger partial charge in [-0.05, 0) is 31.2 Å². The van der Waals surface area contributed by atoms with E-state index in [1.165, 1.54) is 23.1 Å². The Balaban J connectivity index is 1.92. The lowest BCUT2D eigenvalue weighted by Crippen LogP contribution is -2.04. The van der Waals surface area contributed by atoms with Crippen molar-refractivity contribution in [2.75, 3.05) is 0 Å². The van der Waals surface area contributed by atoms with E-state index in [-0.39, 0.29) is 11.3 Å². The topological polar surface area (TPSA) is 93.6 Å². The number of thioether (sulfide) groups is 1. The Hall–Kier alpha value is -2.87. The van der Waals surface area contributed by atoms with Crippen LogP contribution in [0.1, 0.15) is 17.5 Å². The Kier molecular flexibility index (Phi) is 4.99. The highest BCUT2D eigenvalue weighted by molar-refractivity contribution is 8.00. The van der Waals surface area contributed by atoms with E-state index < -0.39 is 5.25 Å². The van der Waals surface area contributed by atoms with E-state index in [0.29, 0.717) is 15.6 Å². The maximum atomic E-state index is 10.6. The van der Waals surface area contributed by atoms with Gasteiger partial charge in [-0.3, -0.25) is 0 Å². The number of para-hydroxylation sites is 1. The molecule has 0 saturated heterocycles. The van der Waals surface area contributed by atoms with Crippen LogP contribution in [0, 0.1) is 22.7 Å². The Bertz CT molecular complexity index is 1010. The minimum atomic E-state index is -0.400. The van der Waals surface area contributed by atoms with Crippen LogP contribution in [0.4, 0.5) is 0 Å². The highest BCUT2D eigenvalue weighted by Gasteiger charge is 2.19. The zero-order valence-corrected chi connectivity index (χ0v) is 14.8. The van der Waals surface area contributed by atoms with Crippen molar-refractivity contribution < 1.29 is 5.11 Å². The lowest BCUT2D eigenvalue weighted by Gasteiger charge is -2.11. The summed E-state index contributed by atoms with van der Waals surface area (Å²) in [5.41, 5.74) is 1.46. The number of aliphatic hydroxyl groups excluding tert-OH is 1. The number of fused-ring (bicyclic) bond motifs is 1. The van der Waals surface area contributed by atoms with E-state index in [2.05, 4.69) is 22.1 Å². The molecule has 0 saturated carbocycles. The predicted octanol–water partition coefficient (Wildman–Crippen LogP) is 4.54. The number of thiazole rings is 1. The first kappa shape index (κ1) is 17.0. The van der Waals surface area contributed by atoms with Crippen molar-refractivity contribution in [2.45, 2.75) is 17.2 Å². The number of rotatable bonds is 4. The number of nitriles is 2. The molecular formula is C18H12N4OS2. The summed E-state index contributed by atoms with van der Waals surface area (Å²) >= 11 is 2.65. The molecule has 3 rings (SSSR count). The fourth-order valence-electron chi connectivity index (χ4n) is 2.18. The summed E-state index contributed by atoms with van der Waals surface area (Å²) in [4.78, 5) is 8.62. The van der Waals surface area contributed by atoms with Gasteiger partial charge < -0.3 is 5.11 Å². The van der Waals surface area contributed by atoms with E-state index in [0.717, 1.165) is 10.2 Å². The number of benzene rings is 1. The van der Waals surface area contributed by atoms with Crippen molar-refractivity contribution in [3.63, 3.8) is 0 Å². The third-order valence-corrected chi connectivity index (χ3v) is 5.52. The van der Waals surface area contributed by atoms with Crippen molar-refractivity contribution in [1.29, 1.82) is 10.5 Å². The maximum absolute atomic E-state index is 10.6. The van der Waals surface area contributed by atoms with Gasteiger partial charge in [-0.15, -0.1) is 11.3 Å². The van der Waals surface area contributed by atoms with E-state index in [1.807, 2.05) is 24.3 Å². The molecule has 122 valence electrons. The standard InChI is InChI=1S/C18H12N4OS2/c1-11(24-16-8-12(9-19)6-7-21-16)17(23)13(10-20)18-22-14-4-2-3-5-15(14)25-18/h2-8,11,23H,1H3/b17-13+. The normalized spacial score (nSPS) is 12.9. The minimum Gasteiger partial charge on any atom is -0.510 e. The molecule has 0 fully saturated rings.